The second-order valence-electron chi connectivity index (χ2n) is 23.9. The monoisotopic (exact) mass is 1250 g/mol. The van der Waals surface area contributed by atoms with E-state index in [2.05, 4.69) is 10.3 Å². The fourth-order valence-corrected chi connectivity index (χ4v) is 12.9. The van der Waals surface area contributed by atoms with E-state index in [0.717, 1.165) is 0 Å². The van der Waals surface area contributed by atoms with Crippen LogP contribution in [-0.2, 0) is 50.9 Å². The number of hydrogen-bond acceptors (Lipinski definition) is 19. The minimum absolute atomic E-state index is 0.0662. The lowest BCUT2D eigenvalue weighted by molar-refractivity contribution is -0.318. The van der Waals surface area contributed by atoms with E-state index in [1.54, 1.807) is 103 Å². The Morgan fingerprint density at radius 3 is 2.15 bits per heavy atom. The van der Waals surface area contributed by atoms with Gasteiger partial charge in [-0.15, -0.1) is 5.10 Å². The van der Waals surface area contributed by atoms with Gasteiger partial charge in [-0.3, -0.25) is 19.3 Å². The maximum Gasteiger partial charge on any atom is 0.312 e. The molecule has 0 spiro atoms. The Morgan fingerprint density at radius 1 is 0.901 bits per heavy atom. The second-order valence-corrected chi connectivity index (χ2v) is 25.0. The van der Waals surface area contributed by atoms with Crippen molar-refractivity contribution in [3.05, 3.63) is 82.7 Å². The number of nitrogens with zero attached hydrogens (tertiary/aromatic N) is 6. The van der Waals surface area contributed by atoms with Gasteiger partial charge in [0.2, 0.25) is 0 Å². The van der Waals surface area contributed by atoms with Crippen molar-refractivity contribution in [2.75, 3.05) is 48.1 Å². The topological polar surface area (TPSA) is 257 Å². The summed E-state index contributed by atoms with van der Waals surface area (Å²) in [6.45, 7) is 15.5. The number of fused-ring (bicyclic) bond motifs is 1. The number of carbonyl (C=O) groups is 3. The number of halogens is 2. The highest BCUT2D eigenvalue weighted by atomic mass is 127. The van der Waals surface area contributed by atoms with Gasteiger partial charge in [0.1, 0.15) is 42.7 Å². The van der Waals surface area contributed by atoms with E-state index < -0.39 is 125 Å². The lowest BCUT2D eigenvalue weighted by atomic mass is 9.77. The lowest BCUT2D eigenvalue weighted by Crippen LogP contribution is -2.60. The molecule has 20 atom stereocenters. The number of imide groups is 1. The molecule has 5 heterocycles. The van der Waals surface area contributed by atoms with Gasteiger partial charge in [-0.2, -0.15) is 0 Å². The first-order valence-electron chi connectivity index (χ1n) is 28.0. The number of cyclic esters (lactones) is 1. The number of esters is 1. The number of ether oxygens (including phenoxy) is 7. The number of amides is 2. The molecule has 7 rings (SSSR count). The van der Waals surface area contributed by atoms with Crippen LogP contribution in [0, 0.1) is 17.8 Å². The number of alkyl halides is 2. The second kappa shape index (κ2) is 26.7. The molecule has 4 aliphatic rings. The van der Waals surface area contributed by atoms with Crippen LogP contribution in [-0.4, -0.2) is 209 Å². The summed E-state index contributed by atoms with van der Waals surface area (Å²) in [6, 6.07) is 11.8. The van der Waals surface area contributed by atoms with E-state index in [1.807, 2.05) is 53.3 Å². The van der Waals surface area contributed by atoms with Crippen LogP contribution < -0.4 is 0 Å². The van der Waals surface area contributed by atoms with Gasteiger partial charge in [0.25, 0.3) is 11.8 Å². The van der Waals surface area contributed by atoms with Crippen molar-refractivity contribution < 1.29 is 77.5 Å². The van der Waals surface area contributed by atoms with Crippen LogP contribution >= 0.6 is 22.6 Å². The van der Waals surface area contributed by atoms with Gasteiger partial charge in [0.15, 0.2) is 16.7 Å². The van der Waals surface area contributed by atoms with Crippen molar-refractivity contribution in [1.82, 2.24) is 29.7 Å². The number of hydrogen-bond donors (Lipinski definition) is 5. The van der Waals surface area contributed by atoms with Crippen LogP contribution in [0.15, 0.2) is 54.7 Å². The third-order valence-corrected chi connectivity index (χ3v) is 18.9. The van der Waals surface area contributed by atoms with Crippen molar-refractivity contribution in [3.63, 3.8) is 0 Å². The number of rotatable bonds is 16. The molecule has 452 valence electrons. The largest absolute Gasteiger partial charge is 0.448 e. The number of carbonyl (C=O) groups excluding carboxylic acids is 3. The quantitative estimate of drug-likeness (QED) is 0.0560. The van der Waals surface area contributed by atoms with Crippen LogP contribution in [0.2, 0.25) is 0 Å². The van der Waals surface area contributed by atoms with Crippen molar-refractivity contribution >= 4 is 40.4 Å². The van der Waals surface area contributed by atoms with Crippen LogP contribution in [0.3, 0.4) is 0 Å². The Hall–Kier alpha value is -3.67. The van der Waals surface area contributed by atoms with Gasteiger partial charge in [0.05, 0.1) is 64.9 Å². The molecule has 3 aromatic rings. The van der Waals surface area contributed by atoms with Gasteiger partial charge in [0, 0.05) is 64.3 Å². The maximum absolute atomic E-state index is 15.1. The minimum Gasteiger partial charge on any atom is -0.448 e. The van der Waals surface area contributed by atoms with E-state index in [-0.39, 0.29) is 37.1 Å². The Bertz CT molecular complexity index is 2560. The van der Waals surface area contributed by atoms with Gasteiger partial charge < -0.3 is 68.5 Å². The van der Waals surface area contributed by atoms with Gasteiger partial charge in [-0.1, -0.05) is 55.5 Å². The summed E-state index contributed by atoms with van der Waals surface area (Å²) in [4.78, 5) is 45.5. The third kappa shape index (κ3) is 14.2. The van der Waals surface area contributed by atoms with Crippen LogP contribution in [0.25, 0.3) is 0 Å². The molecular formula is C58H86FIN6O15. The van der Waals surface area contributed by atoms with E-state index in [9.17, 15) is 39.9 Å². The summed E-state index contributed by atoms with van der Waals surface area (Å²) in [5.41, 5.74) is -2.02. The average molecular weight is 1250 g/mol. The van der Waals surface area contributed by atoms with E-state index in [4.69, 9.17) is 33.2 Å². The summed E-state index contributed by atoms with van der Waals surface area (Å²) in [5, 5.41) is 68.3. The fourth-order valence-electron chi connectivity index (χ4n) is 12.3. The highest BCUT2D eigenvalue weighted by molar-refractivity contribution is 14.1. The standard InChI is InChI=1S/C58H86FIN6O15/c1-31-25-56(7,73)50(33(3)46(79-44-26-57(8,76-13)49(69)36(6)78-44)34(4)53(72)81-55(60)58(9,74)48(68)35(5)64(11)28-31)80-54-45(67)42(24-32(2)77-54)63(10)23-22-39-30-66(62-61-39)43(27-59)47(75-12)38-20-18-37(19-21-38)29-65-51(70)40-16-14-15-17-41(40)52(65)71/h14-21,30-36,42-50,54-55,67-69,73-74H,22-29H2,1-13H3/t31-,32-,33+,34-,35-,36+,42+,43-,44+,45-,46+,47-,48-,49+,50-,54+,55+,56-,57-,58+/m1/s1. The summed E-state index contributed by atoms with van der Waals surface area (Å²) in [7, 11) is 6.63. The fraction of sp³-hybridized carbons (Fsp3) is 0.707. The molecule has 2 aromatic carbocycles. The molecule has 21 nitrogen and oxygen atoms in total. The van der Waals surface area contributed by atoms with Crippen LogP contribution in [0.4, 0.5) is 4.39 Å². The van der Waals surface area contributed by atoms with Crippen LogP contribution in [0.5, 0.6) is 0 Å². The minimum atomic E-state index is -1.89. The summed E-state index contributed by atoms with van der Waals surface area (Å²) in [5.74, 6) is -3.71. The predicted octanol–water partition coefficient (Wildman–Crippen LogP) is 4.78. The normalized spacial score (nSPS) is 37.6. The molecule has 3 fully saturated rings. The number of likely N-dealkylation sites (N-methyl/N-ethyl adjacent to an activating group) is 2. The number of aromatic nitrogens is 3. The molecule has 0 radical (unpaired) electrons. The molecule has 0 saturated carbocycles. The number of benzene rings is 2. The lowest BCUT2D eigenvalue weighted by Gasteiger charge is -2.49. The Morgan fingerprint density at radius 2 is 1.54 bits per heavy atom. The van der Waals surface area contributed by atoms with Crippen molar-refractivity contribution in [2.45, 2.75) is 195 Å². The first-order valence-corrected chi connectivity index (χ1v) is 29.3. The zero-order chi connectivity index (χ0) is 59.6. The number of methoxy groups -OCH3 is 2. The van der Waals surface area contributed by atoms with Crippen molar-refractivity contribution in [1.29, 1.82) is 0 Å². The Kier molecular flexibility index (Phi) is 21.4. The molecule has 0 unspecified atom stereocenters. The molecule has 0 bridgehead atoms. The molecule has 81 heavy (non-hydrogen) atoms. The molecule has 5 N–H and O–H groups in total. The SMILES string of the molecule is CO[C@H](c1ccc(CN2C(=O)c3ccccc3C2=O)cc1)[C@@H](CF)n1cc(CCN(C)[C@H]2C[C@@H](C)O[C@@H](O[C@@H]3[C@@H](C)[C@H](O[C@H]4C[C@@](C)(OC)[C@@H](O)[C@H](C)O4)[C@@H](C)C(=O)O[C@H](I)[C@@](C)(O)[C@H](O)[C@@H](C)N(C)C[C@H](C)C[C@@]3(C)O)[C@@H]2O)nn1. The molecule has 1 aromatic heterocycles. The maximum atomic E-state index is 15.1. The molecule has 2 amide bonds. The van der Waals surface area contributed by atoms with E-state index in [1.165, 1.54) is 30.7 Å². The van der Waals surface area contributed by atoms with Gasteiger partial charge in [-0.25, -0.2) is 9.07 Å². The summed E-state index contributed by atoms with van der Waals surface area (Å²) >= 11 is 1.81. The molecule has 23 heteroatoms. The van der Waals surface area contributed by atoms with Gasteiger partial charge >= 0.3 is 5.97 Å². The zero-order valence-corrected chi connectivity index (χ0v) is 51.1. The first kappa shape index (κ1) is 64.9. The third-order valence-electron chi connectivity index (χ3n) is 17.4. The zero-order valence-electron chi connectivity index (χ0n) is 48.9. The number of aliphatic hydroxyl groups excluding tert-OH is 3. The van der Waals surface area contributed by atoms with Crippen LogP contribution in [0.1, 0.15) is 131 Å². The average Bonchev–Trinajstić information content (AvgIpc) is 4.22. The Labute approximate surface area is 488 Å². The van der Waals surface area contributed by atoms with Gasteiger partial charge in [-0.05, 0) is 127 Å². The summed E-state index contributed by atoms with van der Waals surface area (Å²) < 4.78 is 59.2. The van der Waals surface area contributed by atoms with E-state index >= 15 is 4.39 Å². The summed E-state index contributed by atoms with van der Waals surface area (Å²) in [6.07, 6.45) is -7.57. The smallest absolute Gasteiger partial charge is 0.312 e. The Balaban J connectivity index is 1.09. The van der Waals surface area contributed by atoms with E-state index in [0.29, 0.717) is 53.9 Å². The van der Waals surface area contributed by atoms with Crippen molar-refractivity contribution in [3.8, 4) is 0 Å². The molecule has 0 aliphatic carbocycles. The highest BCUT2D eigenvalue weighted by Gasteiger charge is 2.53. The first-order chi connectivity index (χ1) is 38.1. The highest BCUT2D eigenvalue weighted by Crippen LogP contribution is 2.41. The molecular weight excluding hydrogens is 1170 g/mol. The number of aliphatic hydroxyl groups is 5. The molecule has 4 aliphatic heterocycles. The van der Waals surface area contributed by atoms with Crippen molar-refractivity contribution in [2.24, 2.45) is 17.8 Å². The predicted molar refractivity (Wildman–Crippen MR) is 302 cm³/mol. The molecule has 3 saturated heterocycles.